The predicted octanol–water partition coefficient (Wildman–Crippen LogP) is 2.45. The van der Waals surface area contributed by atoms with Crippen LogP contribution in [0, 0.1) is 0 Å². The van der Waals surface area contributed by atoms with Crippen molar-refractivity contribution in [2.24, 2.45) is 0 Å². The van der Waals surface area contributed by atoms with Crippen molar-refractivity contribution in [3.8, 4) is 0 Å². The summed E-state index contributed by atoms with van der Waals surface area (Å²) in [7, 11) is 0. The summed E-state index contributed by atoms with van der Waals surface area (Å²) in [5.41, 5.74) is 0.792. The number of nitrogens with one attached hydrogen (secondary N) is 1. The molecule has 0 aliphatic heterocycles. The number of hydrogen-bond donors (Lipinski definition) is 1. The fourth-order valence-electron chi connectivity index (χ4n) is 1.37. The summed E-state index contributed by atoms with van der Waals surface area (Å²) in [5.74, 6) is -0.237. The van der Waals surface area contributed by atoms with Gasteiger partial charge in [0.15, 0.2) is 11.5 Å². The number of aromatic nitrogens is 3. The van der Waals surface area contributed by atoms with Gasteiger partial charge in [-0.1, -0.05) is 11.6 Å². The Balaban J connectivity index is 2.27. The quantitative estimate of drug-likeness (QED) is 0.866. The molecular formula is C12H11ClN4O2. The minimum Gasteiger partial charge on any atom is -0.461 e. The van der Waals surface area contributed by atoms with Crippen molar-refractivity contribution in [3.05, 3.63) is 41.6 Å². The number of rotatable bonds is 4. The molecule has 0 spiro atoms. The van der Waals surface area contributed by atoms with Crippen LogP contribution in [0.1, 0.15) is 17.4 Å². The molecule has 1 N–H and O–H groups in total. The maximum Gasteiger partial charge on any atom is 0.358 e. The summed E-state index contributed by atoms with van der Waals surface area (Å²) in [6.45, 7) is 1.97. The number of pyridine rings is 1. The second-order valence-electron chi connectivity index (χ2n) is 3.47. The maximum absolute atomic E-state index is 11.6. The first kappa shape index (κ1) is 13.2. The van der Waals surface area contributed by atoms with Gasteiger partial charge in [0, 0.05) is 18.1 Å². The third kappa shape index (κ3) is 3.17. The number of hydrogen-bond acceptors (Lipinski definition) is 6. The Morgan fingerprint density at radius 1 is 1.37 bits per heavy atom. The normalized spacial score (nSPS) is 10.0. The summed E-state index contributed by atoms with van der Waals surface area (Å²) in [4.78, 5) is 23.4. The van der Waals surface area contributed by atoms with Gasteiger partial charge in [0.2, 0.25) is 0 Å². The van der Waals surface area contributed by atoms with E-state index in [9.17, 15) is 4.79 Å². The van der Waals surface area contributed by atoms with Crippen LogP contribution in [0.4, 0.5) is 11.5 Å². The molecule has 0 saturated carbocycles. The summed E-state index contributed by atoms with van der Waals surface area (Å²) in [6.07, 6.45) is 4.51. The van der Waals surface area contributed by atoms with Crippen molar-refractivity contribution >= 4 is 29.1 Å². The van der Waals surface area contributed by atoms with Crippen molar-refractivity contribution in [2.45, 2.75) is 6.92 Å². The van der Waals surface area contributed by atoms with Gasteiger partial charge in [-0.05, 0) is 19.1 Å². The molecule has 2 aromatic heterocycles. The number of halogens is 1. The van der Waals surface area contributed by atoms with E-state index in [0.717, 1.165) is 5.69 Å². The fourth-order valence-corrected chi connectivity index (χ4v) is 1.59. The topological polar surface area (TPSA) is 77.0 Å². The van der Waals surface area contributed by atoms with Crippen LogP contribution in [0.3, 0.4) is 0 Å². The van der Waals surface area contributed by atoms with E-state index in [-0.39, 0.29) is 17.3 Å². The van der Waals surface area contributed by atoms with Crippen LogP contribution in [0.2, 0.25) is 5.02 Å². The number of anilines is 2. The molecule has 0 atom stereocenters. The molecule has 2 aromatic rings. The van der Waals surface area contributed by atoms with Crippen LogP contribution in [-0.2, 0) is 4.74 Å². The lowest BCUT2D eigenvalue weighted by Gasteiger charge is -2.09. The highest BCUT2D eigenvalue weighted by Gasteiger charge is 2.17. The monoisotopic (exact) mass is 278 g/mol. The van der Waals surface area contributed by atoms with E-state index in [4.69, 9.17) is 16.3 Å². The lowest BCUT2D eigenvalue weighted by molar-refractivity contribution is 0.0519. The van der Waals surface area contributed by atoms with Crippen LogP contribution in [0.5, 0.6) is 0 Å². The largest absolute Gasteiger partial charge is 0.461 e. The van der Waals surface area contributed by atoms with Crippen molar-refractivity contribution in [2.75, 3.05) is 11.9 Å². The molecule has 0 aromatic carbocycles. The Morgan fingerprint density at radius 3 is 2.79 bits per heavy atom. The first-order valence-corrected chi connectivity index (χ1v) is 5.95. The Labute approximate surface area is 114 Å². The minimum atomic E-state index is -0.576. The highest BCUT2D eigenvalue weighted by Crippen LogP contribution is 2.25. The Bertz CT molecular complexity index is 577. The van der Waals surface area contributed by atoms with Crippen molar-refractivity contribution < 1.29 is 9.53 Å². The number of esters is 1. The third-order valence-corrected chi connectivity index (χ3v) is 2.56. The molecule has 0 fully saturated rings. The fraction of sp³-hybridized carbons (Fsp3) is 0.167. The molecule has 0 bridgehead atoms. The summed E-state index contributed by atoms with van der Waals surface area (Å²) >= 11 is 6.09. The van der Waals surface area contributed by atoms with Crippen molar-refractivity contribution in [1.29, 1.82) is 0 Å². The van der Waals surface area contributed by atoms with Crippen LogP contribution >= 0.6 is 11.6 Å². The first-order chi connectivity index (χ1) is 9.22. The summed E-state index contributed by atoms with van der Waals surface area (Å²) in [6, 6.07) is 3.50. The third-order valence-electron chi connectivity index (χ3n) is 2.20. The van der Waals surface area contributed by atoms with Crippen LogP contribution in [-0.4, -0.2) is 27.5 Å². The van der Waals surface area contributed by atoms with Gasteiger partial charge in [0.25, 0.3) is 0 Å². The predicted molar refractivity (Wildman–Crippen MR) is 70.5 cm³/mol. The van der Waals surface area contributed by atoms with E-state index in [2.05, 4.69) is 20.3 Å². The van der Waals surface area contributed by atoms with Gasteiger partial charge in [0.05, 0.1) is 6.61 Å². The standard InChI is InChI=1S/C12H11ClN4O2/c1-2-19-12(18)10-9(13)11(16-7-15-10)17-8-3-5-14-6-4-8/h3-7H,2H2,1H3,(H,14,15,16,17). The van der Waals surface area contributed by atoms with E-state index in [1.165, 1.54) is 6.33 Å². The summed E-state index contributed by atoms with van der Waals surface area (Å²) < 4.78 is 4.86. The van der Waals surface area contributed by atoms with Crippen LogP contribution in [0.15, 0.2) is 30.9 Å². The van der Waals surface area contributed by atoms with Crippen molar-refractivity contribution in [3.63, 3.8) is 0 Å². The second kappa shape index (κ2) is 6.10. The van der Waals surface area contributed by atoms with Gasteiger partial charge in [0.1, 0.15) is 11.3 Å². The van der Waals surface area contributed by atoms with E-state index < -0.39 is 5.97 Å². The molecule has 0 aliphatic carbocycles. The zero-order valence-electron chi connectivity index (χ0n) is 10.1. The number of ether oxygens (including phenoxy) is 1. The lowest BCUT2D eigenvalue weighted by atomic mass is 10.3. The zero-order chi connectivity index (χ0) is 13.7. The Kier molecular flexibility index (Phi) is 4.25. The molecule has 2 heterocycles. The van der Waals surface area contributed by atoms with Crippen molar-refractivity contribution in [1.82, 2.24) is 15.0 Å². The van der Waals surface area contributed by atoms with Gasteiger partial charge in [-0.2, -0.15) is 0 Å². The average molecular weight is 279 g/mol. The van der Waals surface area contributed by atoms with Gasteiger partial charge in [-0.25, -0.2) is 14.8 Å². The van der Waals surface area contributed by atoms with Gasteiger partial charge < -0.3 is 10.1 Å². The molecular weight excluding hydrogens is 268 g/mol. The first-order valence-electron chi connectivity index (χ1n) is 5.57. The highest BCUT2D eigenvalue weighted by atomic mass is 35.5. The molecule has 19 heavy (non-hydrogen) atoms. The zero-order valence-corrected chi connectivity index (χ0v) is 10.9. The molecule has 98 valence electrons. The lowest BCUT2D eigenvalue weighted by Crippen LogP contribution is -2.09. The maximum atomic E-state index is 11.6. The van der Waals surface area contributed by atoms with Gasteiger partial charge in [-0.3, -0.25) is 4.98 Å². The van der Waals surface area contributed by atoms with Gasteiger partial charge >= 0.3 is 5.97 Å². The Hall–Kier alpha value is -2.21. The SMILES string of the molecule is CCOC(=O)c1ncnc(Nc2ccncc2)c1Cl. The molecule has 7 heteroatoms. The molecule has 0 unspecified atom stereocenters. The minimum absolute atomic E-state index is 0.0371. The highest BCUT2D eigenvalue weighted by molar-refractivity contribution is 6.35. The smallest absolute Gasteiger partial charge is 0.358 e. The number of nitrogens with zero attached hydrogens (tertiary/aromatic N) is 3. The molecule has 2 rings (SSSR count). The van der Waals surface area contributed by atoms with E-state index >= 15 is 0 Å². The molecule has 0 aliphatic rings. The molecule has 0 radical (unpaired) electrons. The van der Waals surface area contributed by atoms with E-state index in [1.54, 1.807) is 31.5 Å². The van der Waals surface area contributed by atoms with Crippen LogP contribution in [0.25, 0.3) is 0 Å². The molecule has 0 amide bonds. The second-order valence-corrected chi connectivity index (χ2v) is 3.84. The van der Waals surface area contributed by atoms with E-state index in [0.29, 0.717) is 5.82 Å². The Morgan fingerprint density at radius 2 is 2.11 bits per heavy atom. The van der Waals surface area contributed by atoms with E-state index in [1.807, 2.05) is 0 Å². The number of carbonyl (C=O) groups is 1. The van der Waals surface area contributed by atoms with Crippen LogP contribution < -0.4 is 5.32 Å². The average Bonchev–Trinajstić information content (AvgIpc) is 2.42. The van der Waals surface area contributed by atoms with Gasteiger partial charge in [-0.15, -0.1) is 0 Å². The molecule has 0 saturated heterocycles. The summed E-state index contributed by atoms with van der Waals surface area (Å²) in [5, 5.41) is 3.10. The molecule has 6 nitrogen and oxygen atoms in total. The number of carbonyl (C=O) groups excluding carboxylic acids is 1.